The van der Waals surface area contributed by atoms with E-state index in [0.717, 1.165) is 53.5 Å². The Labute approximate surface area is 271 Å². The van der Waals surface area contributed by atoms with Gasteiger partial charge in [-0.1, -0.05) is 36.4 Å². The van der Waals surface area contributed by atoms with Crippen LogP contribution in [0.25, 0.3) is 27.9 Å². The number of nitrogens with zero attached hydrogens (tertiary/aromatic N) is 9. The standard InChI is InChI=1S/C35H33N11O/c1-44-23-27(21-40-44)25-10-15-32(37-19-25)46(35(47)39-18-24-7-3-2-4-8-24)29-13-11-28(12-14-29)42-34-38-20-26(17-36)33(43-34)30-22-41-45-16-6-5-9-31(30)45/h2-10,15-16,19-23,28-29H,11-14,18H2,1H3,(H,39,47)(H,38,42,43)/t28-,29-. The van der Waals surface area contributed by atoms with Crippen molar-refractivity contribution < 1.29 is 4.79 Å². The normalized spacial score (nSPS) is 16.0. The molecule has 1 aliphatic carbocycles. The second-order valence-corrected chi connectivity index (χ2v) is 11.6. The molecule has 5 aromatic heterocycles. The molecule has 2 amide bonds. The first-order chi connectivity index (χ1) is 23.1. The molecule has 47 heavy (non-hydrogen) atoms. The van der Waals surface area contributed by atoms with Crippen LogP contribution >= 0.6 is 0 Å². The summed E-state index contributed by atoms with van der Waals surface area (Å²) >= 11 is 0. The lowest BCUT2D eigenvalue weighted by Gasteiger charge is -2.36. The van der Waals surface area contributed by atoms with Crippen LogP contribution in [-0.4, -0.2) is 52.5 Å². The number of benzene rings is 1. The van der Waals surface area contributed by atoms with Crippen molar-refractivity contribution in [1.29, 1.82) is 5.26 Å². The summed E-state index contributed by atoms with van der Waals surface area (Å²) in [5.74, 6) is 1.07. The number of aromatic nitrogens is 7. The molecule has 234 valence electrons. The van der Waals surface area contributed by atoms with Gasteiger partial charge in [0.05, 0.1) is 35.4 Å². The van der Waals surface area contributed by atoms with E-state index >= 15 is 0 Å². The van der Waals surface area contributed by atoms with Crippen molar-refractivity contribution >= 4 is 23.3 Å². The molecule has 0 atom stereocenters. The predicted octanol–water partition coefficient (Wildman–Crippen LogP) is 5.60. The minimum Gasteiger partial charge on any atom is -0.351 e. The van der Waals surface area contributed by atoms with E-state index in [1.165, 1.54) is 0 Å². The smallest absolute Gasteiger partial charge is 0.323 e. The number of rotatable bonds is 8. The van der Waals surface area contributed by atoms with Crippen LogP contribution in [0.5, 0.6) is 0 Å². The Hall–Kier alpha value is -6.09. The number of carbonyl (C=O) groups excluding carboxylic acids is 1. The zero-order valence-electron chi connectivity index (χ0n) is 25.9. The zero-order chi connectivity index (χ0) is 32.2. The van der Waals surface area contributed by atoms with Crippen molar-refractivity contribution in [3.8, 4) is 28.5 Å². The third kappa shape index (κ3) is 6.37. The molecule has 2 N–H and O–H groups in total. The van der Waals surface area contributed by atoms with Crippen molar-refractivity contribution in [1.82, 2.24) is 39.7 Å². The molecule has 0 unspecified atom stereocenters. The summed E-state index contributed by atoms with van der Waals surface area (Å²) in [7, 11) is 1.88. The van der Waals surface area contributed by atoms with Crippen molar-refractivity contribution in [3.63, 3.8) is 0 Å². The fourth-order valence-corrected chi connectivity index (χ4v) is 6.10. The highest BCUT2D eigenvalue weighted by atomic mass is 16.2. The number of nitriles is 1. The Morgan fingerprint density at radius 2 is 1.77 bits per heavy atom. The monoisotopic (exact) mass is 623 g/mol. The van der Waals surface area contributed by atoms with E-state index in [1.807, 2.05) is 80.1 Å². The first-order valence-corrected chi connectivity index (χ1v) is 15.6. The van der Waals surface area contributed by atoms with Crippen LogP contribution < -0.4 is 15.5 Å². The van der Waals surface area contributed by atoms with E-state index in [4.69, 9.17) is 9.97 Å². The molecule has 0 aliphatic heterocycles. The van der Waals surface area contributed by atoms with Crippen molar-refractivity contribution in [3.05, 3.63) is 109 Å². The lowest BCUT2D eigenvalue weighted by Crippen LogP contribution is -2.49. The molecule has 0 spiro atoms. The highest BCUT2D eigenvalue weighted by molar-refractivity contribution is 5.91. The first-order valence-electron chi connectivity index (χ1n) is 15.6. The molecule has 1 fully saturated rings. The molecule has 12 heteroatoms. The number of fused-ring (bicyclic) bond motifs is 1. The highest BCUT2D eigenvalue weighted by Gasteiger charge is 2.31. The third-order valence-electron chi connectivity index (χ3n) is 8.52. The summed E-state index contributed by atoms with van der Waals surface area (Å²) in [5.41, 5.74) is 5.49. The maximum absolute atomic E-state index is 13.7. The number of pyridine rings is 2. The fraction of sp³-hybridized carbons (Fsp3) is 0.229. The molecule has 6 aromatic rings. The van der Waals surface area contributed by atoms with E-state index in [1.54, 1.807) is 38.9 Å². The van der Waals surface area contributed by atoms with Crippen LogP contribution in [0.3, 0.4) is 0 Å². The summed E-state index contributed by atoms with van der Waals surface area (Å²) in [6.07, 6.45) is 13.8. The molecule has 0 bridgehead atoms. The fourth-order valence-electron chi connectivity index (χ4n) is 6.10. The van der Waals surface area contributed by atoms with Crippen molar-refractivity contribution in [2.75, 3.05) is 10.2 Å². The molecule has 5 heterocycles. The number of amides is 2. The lowest BCUT2D eigenvalue weighted by atomic mass is 9.90. The Balaban J connectivity index is 1.07. The number of carbonyl (C=O) groups is 1. The van der Waals surface area contributed by atoms with Gasteiger partial charge < -0.3 is 10.6 Å². The Morgan fingerprint density at radius 1 is 0.936 bits per heavy atom. The van der Waals surface area contributed by atoms with Gasteiger partial charge in [0.15, 0.2) is 0 Å². The Kier molecular flexibility index (Phi) is 8.25. The second kappa shape index (κ2) is 13.1. The molecular weight excluding hydrogens is 590 g/mol. The summed E-state index contributed by atoms with van der Waals surface area (Å²) in [6, 6.07) is 21.6. The molecule has 7 rings (SSSR count). The van der Waals surface area contributed by atoms with Crippen LogP contribution in [0.1, 0.15) is 36.8 Å². The quantitative estimate of drug-likeness (QED) is 0.223. The van der Waals surface area contributed by atoms with Crippen molar-refractivity contribution in [2.45, 2.75) is 44.3 Å². The van der Waals surface area contributed by atoms with Gasteiger partial charge in [0.2, 0.25) is 5.95 Å². The number of hydrogen-bond acceptors (Lipinski definition) is 8. The zero-order valence-corrected chi connectivity index (χ0v) is 25.9. The second-order valence-electron chi connectivity index (χ2n) is 11.6. The summed E-state index contributed by atoms with van der Waals surface area (Å²) in [6.45, 7) is 0.423. The minimum absolute atomic E-state index is 0.0446. The summed E-state index contributed by atoms with van der Waals surface area (Å²) in [5, 5.41) is 25.0. The molecule has 1 aliphatic rings. The van der Waals surface area contributed by atoms with Gasteiger partial charge in [-0.05, 0) is 55.5 Å². The maximum atomic E-state index is 13.7. The molecule has 1 saturated carbocycles. The molecule has 12 nitrogen and oxygen atoms in total. The average Bonchev–Trinajstić information content (AvgIpc) is 3.75. The predicted molar refractivity (Wildman–Crippen MR) is 178 cm³/mol. The van der Waals surface area contributed by atoms with Gasteiger partial charge >= 0.3 is 6.03 Å². The van der Waals surface area contributed by atoms with Gasteiger partial charge in [-0.3, -0.25) is 9.58 Å². The van der Waals surface area contributed by atoms with Crippen LogP contribution in [0.2, 0.25) is 0 Å². The molecule has 1 aromatic carbocycles. The molecule has 0 radical (unpaired) electrons. The van der Waals surface area contributed by atoms with E-state index in [0.29, 0.717) is 29.6 Å². The third-order valence-corrected chi connectivity index (χ3v) is 8.52. The summed E-state index contributed by atoms with van der Waals surface area (Å²) < 4.78 is 3.51. The number of nitrogens with one attached hydrogen (secondary N) is 2. The van der Waals surface area contributed by atoms with Crippen LogP contribution in [0, 0.1) is 11.3 Å². The first kappa shape index (κ1) is 29.6. The Bertz CT molecular complexity index is 2040. The van der Waals surface area contributed by atoms with Gasteiger partial charge in [-0.2, -0.15) is 15.5 Å². The van der Waals surface area contributed by atoms with Crippen molar-refractivity contribution in [2.24, 2.45) is 7.05 Å². The topological polar surface area (TPSA) is 142 Å². The molecular formula is C35H33N11O. The Morgan fingerprint density at radius 3 is 2.51 bits per heavy atom. The van der Waals surface area contributed by atoms with Gasteiger partial charge in [-0.15, -0.1) is 0 Å². The number of hydrogen-bond donors (Lipinski definition) is 2. The van der Waals surface area contributed by atoms with Gasteiger partial charge in [-0.25, -0.2) is 24.3 Å². The maximum Gasteiger partial charge on any atom is 0.323 e. The molecule has 0 saturated heterocycles. The van der Waals surface area contributed by atoms with E-state index in [9.17, 15) is 10.1 Å². The summed E-state index contributed by atoms with van der Waals surface area (Å²) in [4.78, 5) is 29.5. The van der Waals surface area contributed by atoms with E-state index in [-0.39, 0.29) is 18.1 Å². The van der Waals surface area contributed by atoms with Crippen LogP contribution in [-0.2, 0) is 13.6 Å². The minimum atomic E-state index is -0.180. The average molecular weight is 624 g/mol. The largest absolute Gasteiger partial charge is 0.351 e. The highest BCUT2D eigenvalue weighted by Crippen LogP contribution is 2.31. The van der Waals surface area contributed by atoms with E-state index in [2.05, 4.69) is 31.9 Å². The van der Waals surface area contributed by atoms with Gasteiger partial charge in [0.25, 0.3) is 0 Å². The SMILES string of the molecule is Cn1cc(-c2ccc(N(C(=O)NCc3ccccc3)[C@H]3CC[C@H](Nc4ncc(C#N)c(-c5cnn6ccccc56)n4)CC3)nc2)cn1. The van der Waals surface area contributed by atoms with Gasteiger partial charge in [0, 0.05) is 61.0 Å². The number of anilines is 2. The number of urea groups is 1. The van der Waals surface area contributed by atoms with E-state index < -0.39 is 0 Å². The van der Waals surface area contributed by atoms with Crippen LogP contribution in [0.15, 0.2) is 97.8 Å². The van der Waals surface area contributed by atoms with Crippen LogP contribution in [0.4, 0.5) is 16.6 Å². The lowest BCUT2D eigenvalue weighted by molar-refractivity contribution is 0.240. The van der Waals surface area contributed by atoms with Gasteiger partial charge in [0.1, 0.15) is 11.9 Å². The number of aryl methyl sites for hydroxylation is 1.